The van der Waals surface area contributed by atoms with Gasteiger partial charge in [-0.05, 0) is 50.4 Å². The molecule has 3 aromatic carbocycles. The van der Waals surface area contributed by atoms with E-state index < -0.39 is 12.1 Å². The van der Waals surface area contributed by atoms with E-state index in [2.05, 4.69) is 23.0 Å². The number of likely N-dealkylation sites (N-methyl/N-ethyl adjacent to an activating group) is 1. The van der Waals surface area contributed by atoms with E-state index in [0.29, 0.717) is 41.7 Å². The van der Waals surface area contributed by atoms with Crippen molar-refractivity contribution in [2.24, 2.45) is 0 Å². The van der Waals surface area contributed by atoms with Gasteiger partial charge < -0.3 is 28.9 Å². The molecule has 0 spiro atoms. The summed E-state index contributed by atoms with van der Waals surface area (Å²) in [5.41, 5.74) is 1.54. The molecule has 2 aliphatic rings. The highest BCUT2D eigenvalue weighted by molar-refractivity contribution is 5.93. The summed E-state index contributed by atoms with van der Waals surface area (Å²) in [5.74, 6) is 1.46. The second-order valence-corrected chi connectivity index (χ2v) is 13.0. The van der Waals surface area contributed by atoms with Crippen molar-refractivity contribution >= 4 is 33.7 Å². The summed E-state index contributed by atoms with van der Waals surface area (Å²) in [7, 11) is 3.66. The fraction of sp³-hybridized carbons (Fsp3) is 0.368. The Labute approximate surface area is 295 Å². The topological polar surface area (TPSA) is 139 Å². The lowest BCUT2D eigenvalue weighted by atomic mass is 10.1. The number of hydrogen-bond donors (Lipinski definition) is 0. The first kappa shape index (κ1) is 33.7. The minimum atomic E-state index is -0.488. The van der Waals surface area contributed by atoms with Crippen molar-refractivity contribution in [2.75, 3.05) is 51.8 Å². The first-order valence-corrected chi connectivity index (χ1v) is 17.2. The van der Waals surface area contributed by atoms with Crippen molar-refractivity contribution in [1.29, 1.82) is 5.26 Å². The predicted molar refractivity (Wildman–Crippen MR) is 192 cm³/mol. The van der Waals surface area contributed by atoms with Crippen LogP contribution in [-0.4, -0.2) is 94.4 Å². The van der Waals surface area contributed by atoms with Crippen molar-refractivity contribution in [3.63, 3.8) is 0 Å². The number of carbonyl (C=O) groups excluding carboxylic acids is 1. The van der Waals surface area contributed by atoms with Gasteiger partial charge in [0.05, 0.1) is 31.3 Å². The van der Waals surface area contributed by atoms with E-state index >= 15 is 0 Å². The number of hydrogen-bond acceptors (Lipinski definition) is 11. The molecular weight excluding hydrogens is 648 g/mol. The minimum absolute atomic E-state index is 0.0733. The summed E-state index contributed by atoms with van der Waals surface area (Å²) < 4.78 is 19.0. The van der Waals surface area contributed by atoms with Gasteiger partial charge in [-0.3, -0.25) is 9.36 Å². The van der Waals surface area contributed by atoms with Crippen LogP contribution < -0.4 is 19.9 Å². The lowest BCUT2D eigenvalue weighted by Gasteiger charge is -2.40. The van der Waals surface area contributed by atoms with E-state index in [1.54, 1.807) is 23.5 Å². The number of carbonyl (C=O) groups is 1. The Bertz CT molecular complexity index is 2170. The number of fused-ring (bicyclic) bond motifs is 2. The maximum absolute atomic E-state index is 14.6. The molecule has 0 saturated carbocycles. The lowest BCUT2D eigenvalue weighted by Crippen LogP contribution is -2.55. The maximum atomic E-state index is 14.6. The number of ether oxygens (including phenoxy) is 3. The Morgan fingerprint density at radius 1 is 0.980 bits per heavy atom. The molecule has 0 bridgehead atoms. The van der Waals surface area contributed by atoms with Crippen LogP contribution >= 0.6 is 0 Å². The predicted octanol–water partition coefficient (Wildman–Crippen LogP) is 4.86. The molecule has 13 nitrogen and oxygen atoms in total. The third-order valence-corrected chi connectivity index (χ3v) is 9.76. The van der Waals surface area contributed by atoms with Gasteiger partial charge in [0.15, 0.2) is 11.3 Å². The van der Waals surface area contributed by atoms with Crippen molar-refractivity contribution in [3.8, 4) is 23.5 Å². The summed E-state index contributed by atoms with van der Waals surface area (Å²) in [6, 6.07) is 23.0. The molecule has 2 atom stereocenters. The second kappa shape index (κ2) is 14.6. The van der Waals surface area contributed by atoms with Crippen LogP contribution in [0.3, 0.4) is 0 Å². The average Bonchev–Trinajstić information content (AvgIpc) is 3.57. The third kappa shape index (κ3) is 6.87. The van der Waals surface area contributed by atoms with Crippen LogP contribution in [0.2, 0.25) is 0 Å². The molecule has 2 saturated heterocycles. The molecule has 2 aromatic heterocycles. The van der Waals surface area contributed by atoms with Crippen LogP contribution in [0, 0.1) is 18.3 Å². The van der Waals surface area contributed by atoms with Crippen LogP contribution in [0.4, 0.5) is 10.6 Å². The molecule has 2 aliphatic heterocycles. The first-order chi connectivity index (χ1) is 24.8. The quantitative estimate of drug-likeness (QED) is 0.210. The van der Waals surface area contributed by atoms with Gasteiger partial charge in [0.2, 0.25) is 0 Å². The number of amides is 1. The largest absolute Gasteiger partial charge is 0.497 e. The molecule has 13 heteroatoms. The van der Waals surface area contributed by atoms with E-state index in [9.17, 15) is 14.9 Å². The number of benzene rings is 3. The van der Waals surface area contributed by atoms with E-state index in [0.717, 1.165) is 35.7 Å². The summed E-state index contributed by atoms with van der Waals surface area (Å²) in [6.07, 6.45) is 1.67. The highest BCUT2D eigenvalue weighted by atomic mass is 16.6. The highest BCUT2D eigenvalue weighted by Crippen LogP contribution is 2.31. The smallest absolute Gasteiger partial charge is 0.410 e. The second-order valence-electron chi connectivity index (χ2n) is 13.0. The lowest BCUT2D eigenvalue weighted by molar-refractivity contribution is 0.0768. The molecule has 0 N–H and O–H groups in total. The van der Waals surface area contributed by atoms with Gasteiger partial charge in [-0.2, -0.15) is 15.2 Å². The first-order valence-electron chi connectivity index (χ1n) is 17.2. The number of methoxy groups -OCH3 is 1. The summed E-state index contributed by atoms with van der Waals surface area (Å²) >= 11 is 0. The van der Waals surface area contributed by atoms with Gasteiger partial charge >= 0.3 is 12.1 Å². The highest BCUT2D eigenvalue weighted by Gasteiger charge is 2.34. The molecule has 7 rings (SSSR count). The van der Waals surface area contributed by atoms with Crippen LogP contribution in [0.5, 0.6) is 11.8 Å². The molecule has 1 amide bonds. The van der Waals surface area contributed by atoms with Crippen LogP contribution in [0.25, 0.3) is 27.5 Å². The van der Waals surface area contributed by atoms with Gasteiger partial charge in [-0.25, -0.2) is 9.78 Å². The number of likely N-dealkylation sites (tertiary alicyclic amines) is 1. The van der Waals surface area contributed by atoms with Crippen molar-refractivity contribution < 1.29 is 19.0 Å². The van der Waals surface area contributed by atoms with Crippen molar-refractivity contribution in [1.82, 2.24) is 29.3 Å². The van der Waals surface area contributed by atoms with Crippen molar-refractivity contribution in [2.45, 2.75) is 44.9 Å². The Morgan fingerprint density at radius 3 is 2.55 bits per heavy atom. The van der Waals surface area contributed by atoms with Gasteiger partial charge in [0, 0.05) is 37.1 Å². The number of nitriles is 1. The molecule has 5 aromatic rings. The normalized spacial score (nSPS) is 17.8. The van der Waals surface area contributed by atoms with E-state index in [1.165, 1.54) is 0 Å². The average molecular weight is 689 g/mol. The minimum Gasteiger partial charge on any atom is -0.497 e. The van der Waals surface area contributed by atoms with Crippen LogP contribution in [-0.2, 0) is 11.3 Å². The Kier molecular flexibility index (Phi) is 9.68. The number of anilines is 1. The monoisotopic (exact) mass is 688 g/mol. The molecule has 0 unspecified atom stereocenters. The number of rotatable bonds is 9. The molecule has 0 aliphatic carbocycles. The SMILES string of the molecule is COc1cc(-n2c(C)nc3c(N4CCN(C(=O)OCc5ccccc5)[C@@H](CC#N)C4)nc(OC[C@@H]4CCCN4C)nc3c2=O)c2ccccc2c1. The molecule has 0 radical (unpaired) electrons. The summed E-state index contributed by atoms with van der Waals surface area (Å²) in [6.45, 7) is 4.17. The van der Waals surface area contributed by atoms with Gasteiger partial charge in [-0.15, -0.1) is 0 Å². The summed E-state index contributed by atoms with van der Waals surface area (Å²) in [5, 5.41) is 11.5. The molecule has 2 fully saturated rings. The number of piperazine rings is 1. The van der Waals surface area contributed by atoms with E-state index in [1.807, 2.05) is 71.6 Å². The zero-order chi connectivity index (χ0) is 35.5. The van der Waals surface area contributed by atoms with Crippen LogP contribution in [0.15, 0.2) is 71.5 Å². The van der Waals surface area contributed by atoms with Gasteiger partial charge in [-0.1, -0.05) is 54.6 Å². The number of aryl methyl sites for hydroxylation is 1. The Balaban J connectivity index is 1.28. The third-order valence-electron chi connectivity index (χ3n) is 9.76. The molecular formula is C38H40N8O5. The maximum Gasteiger partial charge on any atom is 0.410 e. The fourth-order valence-corrected chi connectivity index (χ4v) is 7.01. The zero-order valence-corrected chi connectivity index (χ0v) is 29.0. The Morgan fingerprint density at radius 2 is 1.78 bits per heavy atom. The van der Waals surface area contributed by atoms with Gasteiger partial charge in [0.25, 0.3) is 5.56 Å². The number of aromatic nitrogens is 4. The Hall–Kier alpha value is -5.74. The van der Waals surface area contributed by atoms with E-state index in [-0.39, 0.29) is 49.2 Å². The van der Waals surface area contributed by atoms with Crippen LogP contribution in [0.1, 0.15) is 30.7 Å². The fourth-order valence-electron chi connectivity index (χ4n) is 7.01. The molecule has 4 heterocycles. The van der Waals surface area contributed by atoms with Gasteiger partial charge in [0.1, 0.15) is 30.3 Å². The standard InChI is InChI=1S/C38H40N8O5/c1-25-40-33-34(36(47)46(25)32-21-30(49-3)20-27-12-7-8-14-31(27)32)41-37(50-24-29-13-9-17-43(29)2)42-35(33)44-18-19-45(28(22-44)15-16-39)38(48)51-23-26-10-5-4-6-11-26/h4-8,10-12,14,20-21,28-29H,9,13,15,17-19,22-24H2,1-3H3/t28-,29-/m0/s1. The molecule has 51 heavy (non-hydrogen) atoms. The molecule has 262 valence electrons. The van der Waals surface area contributed by atoms with Crippen molar-refractivity contribution in [3.05, 3.63) is 88.5 Å². The number of nitrogens with zero attached hydrogens (tertiary/aromatic N) is 8. The van der Waals surface area contributed by atoms with E-state index in [4.69, 9.17) is 24.2 Å². The zero-order valence-electron chi connectivity index (χ0n) is 29.0. The summed E-state index contributed by atoms with van der Waals surface area (Å²) in [4.78, 5) is 48.1.